The van der Waals surface area contributed by atoms with Crippen LogP contribution in [0.15, 0.2) is 18.2 Å². The van der Waals surface area contributed by atoms with Gasteiger partial charge in [0.05, 0.1) is 17.4 Å². The number of hydrogen-bond acceptors (Lipinski definition) is 5. The van der Waals surface area contributed by atoms with Crippen molar-refractivity contribution in [1.29, 1.82) is 0 Å². The van der Waals surface area contributed by atoms with Crippen LogP contribution in [0.2, 0.25) is 0 Å². The highest BCUT2D eigenvalue weighted by Crippen LogP contribution is 2.20. The third-order valence-electron chi connectivity index (χ3n) is 2.29. The number of aryl methyl sites for hydroxylation is 1. The molecule has 1 aromatic carbocycles. The summed E-state index contributed by atoms with van der Waals surface area (Å²) in [5.74, 6) is -1.28. The number of carboxylic acid groups (broad SMARTS) is 1. The predicted octanol–water partition coefficient (Wildman–Crippen LogP) is 1.48. The molecule has 8 nitrogen and oxygen atoms in total. The SMILES string of the molecule is Cc1cccc(NS(=O)(=O)NC(=O)OC(C)C)c1C(=O)O. The molecule has 0 atom stereocenters. The Morgan fingerprint density at radius 3 is 2.43 bits per heavy atom. The van der Waals surface area contributed by atoms with Gasteiger partial charge < -0.3 is 9.84 Å². The van der Waals surface area contributed by atoms with Crippen LogP contribution in [-0.4, -0.2) is 31.7 Å². The van der Waals surface area contributed by atoms with Crippen molar-refractivity contribution in [3.05, 3.63) is 29.3 Å². The van der Waals surface area contributed by atoms with Crippen LogP contribution in [0.5, 0.6) is 0 Å². The third kappa shape index (κ3) is 4.95. The lowest BCUT2D eigenvalue weighted by Crippen LogP contribution is -2.37. The maximum absolute atomic E-state index is 11.8. The minimum Gasteiger partial charge on any atom is -0.478 e. The number of nitrogens with one attached hydrogen (secondary N) is 2. The van der Waals surface area contributed by atoms with E-state index in [1.807, 2.05) is 4.72 Å². The summed E-state index contributed by atoms with van der Waals surface area (Å²) in [5, 5.41) is 9.10. The number of rotatable bonds is 5. The van der Waals surface area contributed by atoms with Crippen molar-refractivity contribution >= 4 is 28.0 Å². The van der Waals surface area contributed by atoms with Crippen molar-refractivity contribution in [3.8, 4) is 0 Å². The number of carbonyl (C=O) groups is 2. The van der Waals surface area contributed by atoms with Crippen LogP contribution in [0, 0.1) is 6.92 Å². The first-order valence-electron chi connectivity index (χ1n) is 5.96. The van der Waals surface area contributed by atoms with Crippen LogP contribution < -0.4 is 9.44 Å². The van der Waals surface area contributed by atoms with E-state index in [-0.39, 0.29) is 11.3 Å². The van der Waals surface area contributed by atoms with Crippen molar-refractivity contribution in [2.45, 2.75) is 26.9 Å². The molecule has 0 saturated carbocycles. The normalized spacial score (nSPS) is 11.0. The zero-order valence-electron chi connectivity index (χ0n) is 11.7. The van der Waals surface area contributed by atoms with Crippen molar-refractivity contribution in [1.82, 2.24) is 4.72 Å². The fourth-order valence-electron chi connectivity index (χ4n) is 1.55. The van der Waals surface area contributed by atoms with Crippen LogP contribution in [0.3, 0.4) is 0 Å². The number of benzene rings is 1. The first kappa shape index (κ1) is 16.8. The summed E-state index contributed by atoms with van der Waals surface area (Å²) in [4.78, 5) is 22.4. The van der Waals surface area contributed by atoms with Gasteiger partial charge in [0.25, 0.3) is 0 Å². The van der Waals surface area contributed by atoms with Gasteiger partial charge >= 0.3 is 22.3 Å². The monoisotopic (exact) mass is 316 g/mol. The fourth-order valence-corrected chi connectivity index (χ4v) is 2.33. The summed E-state index contributed by atoms with van der Waals surface area (Å²) in [6.45, 7) is 4.65. The summed E-state index contributed by atoms with van der Waals surface area (Å²) in [6.07, 6.45) is -1.64. The molecule has 1 aromatic rings. The molecule has 1 amide bonds. The molecule has 3 N–H and O–H groups in total. The molecule has 9 heteroatoms. The standard InChI is InChI=1S/C12H16N2O6S/c1-7(2)20-12(17)14-21(18,19)13-9-6-4-5-8(3)10(9)11(15)16/h4-7,13H,1-3H3,(H,14,17)(H,15,16). The van der Waals surface area contributed by atoms with Gasteiger partial charge in [0.1, 0.15) is 0 Å². The minimum atomic E-state index is -4.29. The largest absolute Gasteiger partial charge is 0.478 e. The molecule has 0 radical (unpaired) electrons. The van der Waals surface area contributed by atoms with Gasteiger partial charge in [0, 0.05) is 0 Å². The quantitative estimate of drug-likeness (QED) is 0.756. The van der Waals surface area contributed by atoms with E-state index in [2.05, 4.69) is 4.74 Å². The number of ether oxygens (including phenoxy) is 1. The number of anilines is 1. The third-order valence-corrected chi connectivity index (χ3v) is 3.22. The number of hydrogen-bond donors (Lipinski definition) is 3. The first-order chi connectivity index (χ1) is 9.62. The van der Waals surface area contributed by atoms with Crippen LogP contribution in [0.1, 0.15) is 29.8 Å². The Kier molecular flexibility index (Phi) is 5.14. The Hall–Kier alpha value is -2.29. The molecule has 21 heavy (non-hydrogen) atoms. The second kappa shape index (κ2) is 6.44. The van der Waals surface area contributed by atoms with E-state index >= 15 is 0 Å². The summed E-state index contributed by atoms with van der Waals surface area (Å²) >= 11 is 0. The molecule has 0 aromatic heterocycles. The lowest BCUT2D eigenvalue weighted by molar-refractivity contribution is 0.0697. The van der Waals surface area contributed by atoms with Gasteiger partial charge in [-0.1, -0.05) is 12.1 Å². The Morgan fingerprint density at radius 2 is 1.90 bits per heavy atom. The van der Waals surface area contributed by atoms with Gasteiger partial charge in [-0.2, -0.15) is 8.42 Å². The molecule has 0 saturated heterocycles. The van der Waals surface area contributed by atoms with E-state index in [9.17, 15) is 18.0 Å². The van der Waals surface area contributed by atoms with Gasteiger partial charge in [-0.05, 0) is 32.4 Å². The number of amides is 1. The van der Waals surface area contributed by atoms with E-state index in [4.69, 9.17) is 5.11 Å². The van der Waals surface area contributed by atoms with Crippen molar-refractivity contribution in [2.75, 3.05) is 4.72 Å². The Bertz CT molecular complexity index is 654. The first-order valence-corrected chi connectivity index (χ1v) is 7.45. The molecule has 0 heterocycles. The highest BCUT2D eigenvalue weighted by atomic mass is 32.2. The maximum Gasteiger partial charge on any atom is 0.422 e. The molecule has 0 spiro atoms. The second-order valence-electron chi connectivity index (χ2n) is 4.46. The molecule has 0 aliphatic heterocycles. The molecular weight excluding hydrogens is 300 g/mol. The smallest absolute Gasteiger partial charge is 0.422 e. The van der Waals surface area contributed by atoms with Gasteiger partial charge in [0.15, 0.2) is 0 Å². The van der Waals surface area contributed by atoms with Crippen molar-refractivity contribution in [3.63, 3.8) is 0 Å². The molecule has 0 bridgehead atoms. The molecule has 0 fully saturated rings. The molecule has 1 rings (SSSR count). The highest BCUT2D eigenvalue weighted by Gasteiger charge is 2.20. The van der Waals surface area contributed by atoms with Crippen LogP contribution >= 0.6 is 0 Å². The molecule has 116 valence electrons. The second-order valence-corrected chi connectivity index (χ2v) is 5.88. The van der Waals surface area contributed by atoms with E-state index in [1.54, 1.807) is 18.6 Å². The molecule has 0 unspecified atom stereocenters. The van der Waals surface area contributed by atoms with Gasteiger partial charge in [0.2, 0.25) is 0 Å². The van der Waals surface area contributed by atoms with Gasteiger partial charge in [-0.25, -0.2) is 14.3 Å². The minimum absolute atomic E-state index is 0.146. The zero-order chi connectivity index (χ0) is 16.2. The molecule has 0 aliphatic rings. The average Bonchev–Trinajstić information content (AvgIpc) is 2.24. The van der Waals surface area contributed by atoms with Crippen molar-refractivity contribution < 1.29 is 27.9 Å². The maximum atomic E-state index is 11.8. The van der Waals surface area contributed by atoms with Crippen LogP contribution in [0.4, 0.5) is 10.5 Å². The van der Waals surface area contributed by atoms with E-state index in [1.165, 1.54) is 25.1 Å². The summed E-state index contributed by atoms with van der Waals surface area (Å²) in [7, 11) is -4.29. The fraction of sp³-hybridized carbons (Fsp3) is 0.333. The van der Waals surface area contributed by atoms with Crippen LogP contribution in [0.25, 0.3) is 0 Å². The van der Waals surface area contributed by atoms with Gasteiger partial charge in [-0.3, -0.25) is 4.72 Å². The Morgan fingerprint density at radius 1 is 1.29 bits per heavy atom. The van der Waals surface area contributed by atoms with Gasteiger partial charge in [-0.15, -0.1) is 0 Å². The number of carboxylic acids is 1. The summed E-state index contributed by atoms with van der Waals surface area (Å²) in [6, 6.07) is 4.30. The highest BCUT2D eigenvalue weighted by molar-refractivity contribution is 7.91. The topological polar surface area (TPSA) is 122 Å². The zero-order valence-corrected chi connectivity index (χ0v) is 12.5. The van der Waals surface area contributed by atoms with E-state index in [0.717, 1.165) is 0 Å². The predicted molar refractivity (Wildman–Crippen MR) is 75.4 cm³/mol. The summed E-state index contributed by atoms with van der Waals surface area (Å²) in [5.41, 5.74) is 0.0416. The Labute approximate surface area is 122 Å². The average molecular weight is 316 g/mol. The Balaban J connectivity index is 2.98. The van der Waals surface area contributed by atoms with Crippen LogP contribution in [-0.2, 0) is 14.9 Å². The van der Waals surface area contributed by atoms with E-state index in [0.29, 0.717) is 5.56 Å². The number of carbonyl (C=O) groups excluding carboxylic acids is 1. The lowest BCUT2D eigenvalue weighted by Gasteiger charge is -2.13. The van der Waals surface area contributed by atoms with E-state index < -0.39 is 28.4 Å². The molecule has 0 aliphatic carbocycles. The lowest BCUT2D eigenvalue weighted by atomic mass is 10.1. The number of aromatic carboxylic acids is 1. The van der Waals surface area contributed by atoms with Crippen molar-refractivity contribution in [2.24, 2.45) is 0 Å². The molecular formula is C12H16N2O6S. The summed E-state index contributed by atoms with van der Waals surface area (Å²) < 4.78 is 31.8.